The molecule has 0 unspecified atom stereocenters. The smallest absolute Gasteiger partial charge is 0.162 e. The van der Waals surface area contributed by atoms with Gasteiger partial charge in [-0.25, -0.2) is 0 Å². The van der Waals surface area contributed by atoms with Crippen molar-refractivity contribution in [3.63, 3.8) is 0 Å². The van der Waals surface area contributed by atoms with Gasteiger partial charge < -0.3 is 14.8 Å². The number of likely N-dealkylation sites (N-methyl/N-ethyl adjacent to an activating group) is 2. The first kappa shape index (κ1) is 21.1. The van der Waals surface area contributed by atoms with E-state index in [-0.39, 0.29) is 0 Å². The Morgan fingerprint density at radius 3 is 1.79 bits per heavy atom. The lowest BCUT2D eigenvalue weighted by Crippen LogP contribution is -2.52. The van der Waals surface area contributed by atoms with Gasteiger partial charge in [0, 0.05) is 23.2 Å². The molecule has 0 spiro atoms. The summed E-state index contributed by atoms with van der Waals surface area (Å²) in [5.41, 5.74) is 1.01. The Balaban J connectivity index is 2.97. The van der Waals surface area contributed by atoms with Gasteiger partial charge in [-0.2, -0.15) is 0 Å². The Bertz CT molecular complexity index is 479. The van der Waals surface area contributed by atoms with Crippen molar-refractivity contribution in [2.45, 2.75) is 33.9 Å². The highest BCUT2D eigenvalue weighted by atomic mass is 79.9. The van der Waals surface area contributed by atoms with Gasteiger partial charge in [0.05, 0.1) is 26.1 Å². The van der Waals surface area contributed by atoms with Crippen LogP contribution in [-0.4, -0.2) is 62.9 Å². The number of rotatable bonds is 11. The molecule has 1 aromatic carbocycles. The van der Waals surface area contributed by atoms with Crippen molar-refractivity contribution in [1.29, 1.82) is 0 Å². The summed E-state index contributed by atoms with van der Waals surface area (Å²) in [6.07, 6.45) is 0.356. The highest BCUT2D eigenvalue weighted by Crippen LogP contribution is 2.36. The van der Waals surface area contributed by atoms with Gasteiger partial charge in [-0.1, -0.05) is 27.7 Å². The molecule has 138 valence electrons. The van der Waals surface area contributed by atoms with Crippen molar-refractivity contribution in [2.75, 3.05) is 52.3 Å². The van der Waals surface area contributed by atoms with Gasteiger partial charge in [0.25, 0.3) is 0 Å². The Morgan fingerprint density at radius 2 is 1.38 bits per heavy atom. The molecule has 0 aliphatic rings. The standard InChI is InChI=1S/C18H32BrN3O2/c1-7-21(8-2)18(22(9-3)10-4)13-20-15-12-17(24-6)16(23-5)11-14(15)19/h11-12,18,20H,7-10,13H2,1-6H3. The van der Waals surface area contributed by atoms with Crippen LogP contribution in [0, 0.1) is 0 Å². The Morgan fingerprint density at radius 1 is 0.917 bits per heavy atom. The zero-order chi connectivity index (χ0) is 18.1. The zero-order valence-corrected chi connectivity index (χ0v) is 17.4. The van der Waals surface area contributed by atoms with E-state index in [9.17, 15) is 0 Å². The molecule has 0 aliphatic carbocycles. The Kier molecular flexibility index (Phi) is 9.48. The van der Waals surface area contributed by atoms with E-state index in [1.807, 2.05) is 12.1 Å². The fourth-order valence-electron chi connectivity index (χ4n) is 2.97. The van der Waals surface area contributed by atoms with Gasteiger partial charge in [0.15, 0.2) is 11.5 Å². The number of hydrogen-bond donors (Lipinski definition) is 1. The molecule has 0 atom stereocenters. The molecule has 0 bridgehead atoms. The average molecular weight is 402 g/mol. The van der Waals surface area contributed by atoms with E-state index in [0.29, 0.717) is 6.17 Å². The van der Waals surface area contributed by atoms with Gasteiger partial charge >= 0.3 is 0 Å². The lowest BCUT2D eigenvalue weighted by atomic mass is 10.2. The van der Waals surface area contributed by atoms with E-state index >= 15 is 0 Å². The fourth-order valence-corrected chi connectivity index (χ4v) is 3.43. The molecule has 0 aromatic heterocycles. The minimum absolute atomic E-state index is 0.356. The van der Waals surface area contributed by atoms with Crippen LogP contribution in [0.4, 0.5) is 5.69 Å². The van der Waals surface area contributed by atoms with E-state index in [1.54, 1.807) is 14.2 Å². The Hall–Kier alpha value is -0.980. The van der Waals surface area contributed by atoms with Gasteiger partial charge in [0.1, 0.15) is 0 Å². The van der Waals surface area contributed by atoms with Crippen LogP contribution in [0.2, 0.25) is 0 Å². The number of methoxy groups -OCH3 is 2. The molecule has 0 heterocycles. The molecule has 0 fully saturated rings. The first-order valence-corrected chi connectivity index (χ1v) is 9.48. The minimum Gasteiger partial charge on any atom is -0.493 e. The monoisotopic (exact) mass is 401 g/mol. The number of ether oxygens (including phenoxy) is 2. The topological polar surface area (TPSA) is 37.0 Å². The summed E-state index contributed by atoms with van der Waals surface area (Å²) in [6, 6.07) is 3.91. The maximum absolute atomic E-state index is 5.41. The van der Waals surface area contributed by atoms with Crippen LogP contribution in [-0.2, 0) is 0 Å². The molecule has 1 rings (SSSR count). The van der Waals surface area contributed by atoms with Crippen molar-refractivity contribution in [2.24, 2.45) is 0 Å². The second kappa shape index (κ2) is 10.8. The number of hydrogen-bond acceptors (Lipinski definition) is 5. The van der Waals surface area contributed by atoms with E-state index in [2.05, 4.69) is 58.7 Å². The van der Waals surface area contributed by atoms with Gasteiger partial charge in [-0.15, -0.1) is 0 Å². The highest BCUT2D eigenvalue weighted by Gasteiger charge is 2.21. The van der Waals surface area contributed by atoms with Gasteiger partial charge in [-0.05, 0) is 42.1 Å². The number of benzene rings is 1. The number of anilines is 1. The van der Waals surface area contributed by atoms with Crippen LogP contribution >= 0.6 is 15.9 Å². The SMILES string of the molecule is CCN(CC)C(CNc1cc(OC)c(OC)cc1Br)N(CC)CC. The zero-order valence-electron chi connectivity index (χ0n) is 15.9. The van der Waals surface area contributed by atoms with Crippen LogP contribution in [0.25, 0.3) is 0 Å². The quantitative estimate of drug-likeness (QED) is 0.569. The predicted octanol–water partition coefficient (Wildman–Crippen LogP) is 3.89. The molecule has 24 heavy (non-hydrogen) atoms. The summed E-state index contributed by atoms with van der Waals surface area (Å²) in [6.45, 7) is 13.8. The fraction of sp³-hybridized carbons (Fsp3) is 0.667. The predicted molar refractivity (Wildman–Crippen MR) is 105 cm³/mol. The molecule has 0 amide bonds. The molecule has 6 heteroatoms. The largest absolute Gasteiger partial charge is 0.493 e. The summed E-state index contributed by atoms with van der Waals surface area (Å²) in [5, 5.41) is 3.57. The van der Waals surface area contributed by atoms with Crippen molar-refractivity contribution >= 4 is 21.6 Å². The molecule has 5 nitrogen and oxygen atoms in total. The second-order valence-electron chi connectivity index (χ2n) is 5.49. The average Bonchev–Trinajstić information content (AvgIpc) is 2.61. The van der Waals surface area contributed by atoms with Crippen molar-refractivity contribution in [3.8, 4) is 11.5 Å². The highest BCUT2D eigenvalue weighted by molar-refractivity contribution is 9.10. The number of halogens is 1. The molecule has 0 radical (unpaired) electrons. The third kappa shape index (κ3) is 5.26. The Labute approximate surface area is 155 Å². The first-order chi connectivity index (χ1) is 11.6. The molecule has 1 N–H and O–H groups in total. The summed E-state index contributed by atoms with van der Waals surface area (Å²) in [5.74, 6) is 1.45. The van der Waals surface area contributed by atoms with Crippen LogP contribution < -0.4 is 14.8 Å². The molecule has 0 saturated heterocycles. The molecule has 0 aliphatic heterocycles. The van der Waals surface area contributed by atoms with Crippen LogP contribution in [0.15, 0.2) is 16.6 Å². The van der Waals surface area contributed by atoms with Crippen LogP contribution in [0.3, 0.4) is 0 Å². The normalized spacial score (nSPS) is 11.4. The van der Waals surface area contributed by atoms with E-state index in [4.69, 9.17) is 9.47 Å². The van der Waals surface area contributed by atoms with Crippen LogP contribution in [0.1, 0.15) is 27.7 Å². The molecule has 0 saturated carbocycles. The van der Waals surface area contributed by atoms with Gasteiger partial charge in [0.2, 0.25) is 0 Å². The first-order valence-electron chi connectivity index (χ1n) is 8.69. The minimum atomic E-state index is 0.356. The lowest BCUT2D eigenvalue weighted by Gasteiger charge is -2.38. The third-order valence-electron chi connectivity index (χ3n) is 4.42. The van der Waals surface area contributed by atoms with Crippen LogP contribution in [0.5, 0.6) is 11.5 Å². The summed E-state index contributed by atoms with van der Waals surface area (Å²) < 4.78 is 11.7. The number of nitrogens with zero attached hydrogens (tertiary/aromatic N) is 2. The molecular formula is C18H32BrN3O2. The van der Waals surface area contributed by atoms with Crippen molar-refractivity contribution in [1.82, 2.24) is 9.80 Å². The maximum Gasteiger partial charge on any atom is 0.162 e. The third-order valence-corrected chi connectivity index (χ3v) is 5.07. The van der Waals surface area contributed by atoms with E-state index < -0.39 is 0 Å². The van der Waals surface area contributed by atoms with Crippen molar-refractivity contribution in [3.05, 3.63) is 16.6 Å². The van der Waals surface area contributed by atoms with Crippen molar-refractivity contribution < 1.29 is 9.47 Å². The van der Waals surface area contributed by atoms with E-state index in [1.165, 1.54) is 0 Å². The molecule has 1 aromatic rings. The maximum atomic E-state index is 5.41. The van der Waals surface area contributed by atoms with E-state index in [0.717, 1.165) is 54.4 Å². The molecular weight excluding hydrogens is 370 g/mol. The lowest BCUT2D eigenvalue weighted by molar-refractivity contribution is 0.0665. The number of nitrogens with one attached hydrogen (secondary N) is 1. The summed E-state index contributed by atoms with van der Waals surface area (Å²) in [4.78, 5) is 4.96. The van der Waals surface area contributed by atoms with Gasteiger partial charge in [-0.3, -0.25) is 9.80 Å². The summed E-state index contributed by atoms with van der Waals surface area (Å²) in [7, 11) is 3.30. The second-order valence-corrected chi connectivity index (χ2v) is 6.35. The summed E-state index contributed by atoms with van der Waals surface area (Å²) >= 11 is 3.62.